The van der Waals surface area contributed by atoms with Gasteiger partial charge in [0.1, 0.15) is 19.6 Å². The highest BCUT2D eigenvalue weighted by Gasteiger charge is 2.55. The summed E-state index contributed by atoms with van der Waals surface area (Å²) >= 11 is 0. The molecule has 96 valence electrons. The summed E-state index contributed by atoms with van der Waals surface area (Å²) in [6.07, 6.45) is -0.191. The molecule has 2 fully saturated rings. The average Bonchev–Trinajstić information content (AvgIpc) is 2.50. The van der Waals surface area contributed by atoms with Crippen LogP contribution in [0.15, 0.2) is 0 Å². The van der Waals surface area contributed by atoms with Crippen molar-refractivity contribution in [2.24, 2.45) is 0 Å². The summed E-state index contributed by atoms with van der Waals surface area (Å²) in [5.41, 5.74) is -0.875. The molecule has 1 N–H and O–H groups in total. The molecule has 4 atom stereocenters. The summed E-state index contributed by atoms with van der Waals surface area (Å²) in [4.78, 5) is 9.27. The summed E-state index contributed by atoms with van der Waals surface area (Å²) in [6, 6.07) is -0.530. The minimum Gasteiger partial charge on any atom is -0.376 e. The van der Waals surface area contributed by atoms with E-state index in [1.807, 2.05) is 13.8 Å². The quantitative estimate of drug-likeness (QED) is 0.592. The Balaban J connectivity index is 2.10. The third-order valence-corrected chi connectivity index (χ3v) is 3.79. The van der Waals surface area contributed by atoms with E-state index in [1.165, 1.54) is 0 Å². The third kappa shape index (κ3) is 2.92. The lowest BCUT2D eigenvalue weighted by Gasteiger charge is -2.38. The normalized spacial score (nSPS) is 46.1. The maximum Gasteiger partial charge on any atom is 0.472 e. The second kappa shape index (κ2) is 4.65. The lowest BCUT2D eigenvalue weighted by Crippen LogP contribution is -2.52. The van der Waals surface area contributed by atoms with Gasteiger partial charge >= 0.3 is 7.82 Å². The molecule has 6 nitrogen and oxygen atoms in total. The Hall–Kier alpha value is 0.0949. The molecule has 0 amide bonds. The molecule has 0 saturated carbocycles. The fourth-order valence-electron chi connectivity index (χ4n) is 1.98. The van der Waals surface area contributed by atoms with Crippen LogP contribution in [0.1, 0.15) is 20.3 Å². The second-order valence-electron chi connectivity index (χ2n) is 4.65. The molecule has 2 aliphatic heterocycles. The molecule has 0 aromatic carbocycles. The summed E-state index contributed by atoms with van der Waals surface area (Å²) in [5.74, 6) is 0. The molecule has 2 heterocycles. The van der Waals surface area contributed by atoms with Gasteiger partial charge in [0, 0.05) is 6.00 Å². The van der Waals surface area contributed by atoms with Gasteiger partial charge in [-0.25, -0.2) is 4.57 Å². The maximum atomic E-state index is 11.3. The molecule has 2 saturated heterocycles. The maximum absolute atomic E-state index is 11.3. The molecule has 8 heteroatoms. The van der Waals surface area contributed by atoms with Crippen LogP contribution < -0.4 is 0 Å². The molecule has 2 aliphatic rings. The molecule has 2 unspecified atom stereocenters. The summed E-state index contributed by atoms with van der Waals surface area (Å²) in [7, 11) is 1.73. The number of hydrogen-bond acceptors (Lipinski definition) is 5. The number of fused-ring (bicyclic) bond motifs is 1. The van der Waals surface area contributed by atoms with Crippen molar-refractivity contribution >= 4 is 15.7 Å². The first-order chi connectivity index (χ1) is 7.83. The highest BCUT2D eigenvalue weighted by Crippen LogP contribution is 2.54. The molecule has 0 spiro atoms. The van der Waals surface area contributed by atoms with Crippen molar-refractivity contribution in [3.8, 4) is 0 Å². The standard InChI is InChI=1S/C9H16BO6P/c1-6(2)13-4-9-5-14-17(11,12)16-7(9)3-8(10)15-9/h6-8H,3-5H2,1-2H3,(H,11,12)/t7?,8-,9+/m1/s1. The van der Waals surface area contributed by atoms with E-state index in [0.717, 1.165) is 0 Å². The Morgan fingerprint density at radius 1 is 1.65 bits per heavy atom. The SMILES string of the molecule is [B][C@H]1CC2OP(=O)(O)OC[C@]2(COC(C)C)O1. The van der Waals surface area contributed by atoms with Crippen LogP contribution >= 0.6 is 7.82 Å². The highest BCUT2D eigenvalue weighted by molar-refractivity contribution is 7.47. The summed E-state index contributed by atoms with van der Waals surface area (Å²) in [5, 5.41) is 0. The van der Waals surface area contributed by atoms with Crippen molar-refractivity contribution in [1.82, 2.24) is 0 Å². The number of phosphoric ester groups is 1. The Morgan fingerprint density at radius 3 is 3.00 bits per heavy atom. The minimum atomic E-state index is -3.96. The van der Waals surface area contributed by atoms with E-state index in [4.69, 9.17) is 26.4 Å². The van der Waals surface area contributed by atoms with Gasteiger partial charge in [-0.15, -0.1) is 0 Å². The van der Waals surface area contributed by atoms with Crippen LogP contribution in [-0.2, 0) is 23.1 Å². The van der Waals surface area contributed by atoms with Gasteiger partial charge in [-0.05, 0) is 20.3 Å². The predicted molar refractivity (Wildman–Crippen MR) is 59.7 cm³/mol. The fraction of sp³-hybridized carbons (Fsp3) is 1.00. The van der Waals surface area contributed by atoms with Gasteiger partial charge in [-0.2, -0.15) is 0 Å². The minimum absolute atomic E-state index is 0.0216. The van der Waals surface area contributed by atoms with Gasteiger partial charge < -0.3 is 14.4 Å². The van der Waals surface area contributed by atoms with E-state index >= 15 is 0 Å². The molecule has 2 radical (unpaired) electrons. The second-order valence-corrected chi connectivity index (χ2v) is 6.06. The van der Waals surface area contributed by atoms with Crippen molar-refractivity contribution < 1.29 is 28.0 Å². The van der Waals surface area contributed by atoms with Crippen LogP contribution in [0.4, 0.5) is 0 Å². The van der Waals surface area contributed by atoms with Gasteiger partial charge in [-0.3, -0.25) is 9.05 Å². The number of rotatable bonds is 3. The predicted octanol–water partition coefficient (Wildman–Crippen LogP) is 0.581. The third-order valence-electron chi connectivity index (χ3n) is 2.81. The molecule has 0 aliphatic carbocycles. The molecular formula is C9H16BO6P. The largest absolute Gasteiger partial charge is 0.472 e. The Labute approximate surface area is 102 Å². The van der Waals surface area contributed by atoms with Crippen molar-refractivity contribution in [3.05, 3.63) is 0 Å². The van der Waals surface area contributed by atoms with Crippen molar-refractivity contribution in [1.29, 1.82) is 0 Å². The first-order valence-corrected chi connectivity index (χ1v) is 7.03. The Bertz CT molecular complexity index is 337. The Morgan fingerprint density at radius 2 is 2.35 bits per heavy atom. The zero-order valence-electron chi connectivity index (χ0n) is 9.87. The zero-order chi connectivity index (χ0) is 12.7. The van der Waals surface area contributed by atoms with E-state index in [0.29, 0.717) is 6.42 Å². The van der Waals surface area contributed by atoms with Gasteiger partial charge in [0.15, 0.2) is 0 Å². The van der Waals surface area contributed by atoms with E-state index < -0.39 is 25.5 Å². The Kier molecular flexibility index (Phi) is 3.70. The molecule has 0 aromatic rings. The van der Waals surface area contributed by atoms with Crippen LogP contribution in [0.5, 0.6) is 0 Å². The first kappa shape index (κ1) is 13.5. The van der Waals surface area contributed by atoms with E-state index in [-0.39, 0.29) is 19.3 Å². The number of hydrogen-bond donors (Lipinski definition) is 1. The molecule has 0 aromatic heterocycles. The van der Waals surface area contributed by atoms with Crippen molar-refractivity contribution in [3.63, 3.8) is 0 Å². The van der Waals surface area contributed by atoms with Crippen molar-refractivity contribution in [2.75, 3.05) is 13.2 Å². The molecular weight excluding hydrogens is 246 g/mol. The molecule has 2 rings (SSSR count). The van der Waals surface area contributed by atoms with Crippen LogP contribution in [0.25, 0.3) is 0 Å². The molecule has 0 bridgehead atoms. The van der Waals surface area contributed by atoms with Crippen LogP contribution in [-0.4, -0.2) is 49.8 Å². The van der Waals surface area contributed by atoms with Gasteiger partial charge in [0.2, 0.25) is 0 Å². The monoisotopic (exact) mass is 262 g/mol. The highest BCUT2D eigenvalue weighted by atomic mass is 31.2. The fourth-order valence-corrected chi connectivity index (χ4v) is 3.02. The summed E-state index contributed by atoms with van der Waals surface area (Å²) in [6.45, 7) is 3.96. The van der Waals surface area contributed by atoms with Crippen LogP contribution in [0.3, 0.4) is 0 Å². The first-order valence-electron chi connectivity index (χ1n) is 5.54. The van der Waals surface area contributed by atoms with E-state index in [9.17, 15) is 9.46 Å². The lowest BCUT2D eigenvalue weighted by molar-refractivity contribution is -0.161. The zero-order valence-corrected chi connectivity index (χ0v) is 10.8. The van der Waals surface area contributed by atoms with Gasteiger partial charge in [0.25, 0.3) is 0 Å². The lowest BCUT2D eigenvalue weighted by atomic mass is 9.93. The van der Waals surface area contributed by atoms with Crippen molar-refractivity contribution in [2.45, 2.75) is 44.1 Å². The number of ether oxygens (including phenoxy) is 2. The molecule has 17 heavy (non-hydrogen) atoms. The van der Waals surface area contributed by atoms with E-state index in [2.05, 4.69) is 0 Å². The topological polar surface area (TPSA) is 74.2 Å². The summed E-state index contributed by atoms with van der Waals surface area (Å²) < 4.78 is 32.2. The van der Waals surface area contributed by atoms with Crippen LogP contribution in [0.2, 0.25) is 0 Å². The van der Waals surface area contributed by atoms with Gasteiger partial charge in [0.05, 0.1) is 19.3 Å². The smallest absolute Gasteiger partial charge is 0.376 e. The number of phosphoric acid groups is 1. The van der Waals surface area contributed by atoms with Crippen LogP contribution in [0, 0.1) is 0 Å². The average molecular weight is 262 g/mol. The van der Waals surface area contributed by atoms with E-state index in [1.54, 1.807) is 0 Å². The van der Waals surface area contributed by atoms with Gasteiger partial charge in [-0.1, -0.05) is 0 Å².